The van der Waals surface area contributed by atoms with Crippen molar-refractivity contribution in [1.29, 1.82) is 0 Å². The fraction of sp³-hybridized carbons (Fsp3) is 0.143. The summed E-state index contributed by atoms with van der Waals surface area (Å²) in [5.74, 6) is 0.637. The highest BCUT2D eigenvalue weighted by Gasteiger charge is 2.02. The van der Waals surface area contributed by atoms with Gasteiger partial charge in [0.05, 0.1) is 19.7 Å². The predicted octanol–water partition coefficient (Wildman–Crippen LogP) is 2.45. The third-order valence-corrected chi connectivity index (χ3v) is 3.25. The van der Waals surface area contributed by atoms with E-state index in [1.807, 2.05) is 41.8 Å². The first-order chi connectivity index (χ1) is 9.28. The van der Waals surface area contributed by atoms with E-state index in [2.05, 4.69) is 10.5 Å². The topological polar surface area (TPSA) is 50.7 Å². The molecule has 0 spiro atoms. The second-order valence-corrected chi connectivity index (χ2v) is 4.81. The minimum atomic E-state index is -0.141. The largest absolute Gasteiger partial charge is 0.497 e. The van der Waals surface area contributed by atoms with Crippen LogP contribution in [0.25, 0.3) is 0 Å². The Morgan fingerprint density at radius 1 is 1.37 bits per heavy atom. The molecule has 0 fully saturated rings. The fourth-order valence-electron chi connectivity index (χ4n) is 1.50. The minimum Gasteiger partial charge on any atom is -0.497 e. The molecule has 19 heavy (non-hydrogen) atoms. The van der Waals surface area contributed by atoms with E-state index in [1.54, 1.807) is 24.7 Å². The average molecular weight is 274 g/mol. The van der Waals surface area contributed by atoms with Gasteiger partial charge in [-0.2, -0.15) is 5.10 Å². The maximum atomic E-state index is 11.6. The number of carbonyl (C=O) groups excluding carboxylic acids is 1. The molecule has 98 valence electrons. The van der Waals surface area contributed by atoms with Crippen LogP contribution in [-0.2, 0) is 11.2 Å². The first-order valence-corrected chi connectivity index (χ1v) is 6.64. The Labute approximate surface area is 115 Å². The molecule has 4 nitrogen and oxygen atoms in total. The summed E-state index contributed by atoms with van der Waals surface area (Å²) < 4.78 is 5.06. The van der Waals surface area contributed by atoms with Gasteiger partial charge in [-0.3, -0.25) is 4.79 Å². The summed E-state index contributed by atoms with van der Waals surface area (Å²) in [7, 11) is 1.61. The summed E-state index contributed by atoms with van der Waals surface area (Å²) >= 11 is 1.57. The van der Waals surface area contributed by atoms with Gasteiger partial charge in [0.15, 0.2) is 0 Å². The second-order valence-electron chi connectivity index (χ2n) is 3.83. The summed E-state index contributed by atoms with van der Waals surface area (Å²) in [5.41, 5.74) is 3.42. The average Bonchev–Trinajstić information content (AvgIpc) is 2.93. The number of hydrogen-bond donors (Lipinski definition) is 1. The number of rotatable bonds is 5. The molecule has 1 aromatic carbocycles. The first-order valence-electron chi connectivity index (χ1n) is 5.76. The van der Waals surface area contributed by atoms with Crippen molar-refractivity contribution in [3.8, 4) is 5.75 Å². The van der Waals surface area contributed by atoms with E-state index in [-0.39, 0.29) is 5.91 Å². The van der Waals surface area contributed by atoms with Gasteiger partial charge in [-0.15, -0.1) is 11.3 Å². The van der Waals surface area contributed by atoms with Crippen molar-refractivity contribution in [2.24, 2.45) is 5.10 Å². The maximum Gasteiger partial charge on any atom is 0.244 e. The lowest BCUT2D eigenvalue weighted by Crippen LogP contribution is -2.19. The molecular weight excluding hydrogens is 260 g/mol. The summed E-state index contributed by atoms with van der Waals surface area (Å²) in [6.07, 6.45) is 1.93. The number of benzene rings is 1. The van der Waals surface area contributed by atoms with Crippen LogP contribution >= 0.6 is 11.3 Å². The van der Waals surface area contributed by atoms with E-state index in [4.69, 9.17) is 4.74 Å². The molecule has 5 heteroatoms. The number of methoxy groups -OCH3 is 1. The van der Waals surface area contributed by atoms with E-state index < -0.39 is 0 Å². The number of ether oxygens (including phenoxy) is 1. The van der Waals surface area contributed by atoms with Crippen molar-refractivity contribution in [3.05, 3.63) is 52.2 Å². The number of hydrazone groups is 1. The Morgan fingerprint density at radius 2 is 2.16 bits per heavy atom. The van der Waals surface area contributed by atoms with E-state index in [9.17, 15) is 4.79 Å². The monoisotopic (exact) mass is 274 g/mol. The third kappa shape index (κ3) is 4.22. The third-order valence-electron chi connectivity index (χ3n) is 2.45. The number of hydrogen-bond acceptors (Lipinski definition) is 4. The molecule has 0 saturated heterocycles. The Morgan fingerprint density at radius 3 is 2.79 bits per heavy atom. The molecule has 0 saturated carbocycles. The van der Waals surface area contributed by atoms with E-state index in [0.717, 1.165) is 16.2 Å². The van der Waals surface area contributed by atoms with Crippen LogP contribution in [0.15, 0.2) is 46.9 Å². The Hall–Kier alpha value is -2.14. The van der Waals surface area contributed by atoms with Gasteiger partial charge in [-0.05, 0) is 29.1 Å². The van der Waals surface area contributed by atoms with Crippen molar-refractivity contribution in [1.82, 2.24) is 5.43 Å². The molecule has 1 N–H and O–H groups in total. The van der Waals surface area contributed by atoms with Crippen molar-refractivity contribution < 1.29 is 9.53 Å². The quantitative estimate of drug-likeness (QED) is 0.672. The van der Waals surface area contributed by atoms with Crippen LogP contribution in [0.1, 0.15) is 10.4 Å². The SMILES string of the molecule is COc1ccc(CC(=O)NN=Cc2cccs2)cc1. The van der Waals surface area contributed by atoms with Crippen LogP contribution < -0.4 is 10.2 Å². The van der Waals surface area contributed by atoms with Crippen LogP contribution in [0, 0.1) is 0 Å². The zero-order valence-electron chi connectivity index (χ0n) is 10.5. The molecular formula is C14H14N2O2S. The van der Waals surface area contributed by atoms with E-state index >= 15 is 0 Å². The van der Waals surface area contributed by atoms with Gasteiger partial charge >= 0.3 is 0 Å². The highest BCUT2D eigenvalue weighted by molar-refractivity contribution is 7.11. The number of carbonyl (C=O) groups is 1. The van der Waals surface area contributed by atoms with Crippen LogP contribution in [0.5, 0.6) is 5.75 Å². The number of nitrogens with one attached hydrogen (secondary N) is 1. The number of nitrogens with zero attached hydrogens (tertiary/aromatic N) is 1. The molecule has 0 atom stereocenters. The van der Waals surface area contributed by atoms with Crippen LogP contribution in [0.4, 0.5) is 0 Å². The standard InChI is InChI=1S/C14H14N2O2S/c1-18-12-6-4-11(5-7-12)9-14(17)16-15-10-13-3-2-8-19-13/h2-8,10H,9H2,1H3,(H,16,17). The summed E-state index contributed by atoms with van der Waals surface area (Å²) in [5, 5.41) is 5.86. The van der Waals surface area contributed by atoms with Crippen molar-refractivity contribution in [2.45, 2.75) is 6.42 Å². The van der Waals surface area contributed by atoms with Gasteiger partial charge in [0.2, 0.25) is 5.91 Å². The normalized spacial score (nSPS) is 10.6. The van der Waals surface area contributed by atoms with E-state index in [0.29, 0.717) is 6.42 Å². The molecule has 0 unspecified atom stereocenters. The van der Waals surface area contributed by atoms with Gasteiger partial charge in [0, 0.05) is 4.88 Å². The lowest BCUT2D eigenvalue weighted by Gasteiger charge is -2.02. The molecule has 1 aromatic heterocycles. The molecule has 0 radical (unpaired) electrons. The highest BCUT2D eigenvalue weighted by atomic mass is 32.1. The molecule has 0 aliphatic heterocycles. The van der Waals surface area contributed by atoms with Crippen LogP contribution in [0.3, 0.4) is 0 Å². The molecule has 0 aliphatic rings. The van der Waals surface area contributed by atoms with Gasteiger partial charge in [0.25, 0.3) is 0 Å². The smallest absolute Gasteiger partial charge is 0.244 e. The van der Waals surface area contributed by atoms with Crippen molar-refractivity contribution >= 4 is 23.5 Å². The zero-order chi connectivity index (χ0) is 13.5. The van der Waals surface area contributed by atoms with Gasteiger partial charge in [-0.25, -0.2) is 5.43 Å². The Bertz CT molecular complexity index is 547. The first kappa shape index (κ1) is 13.3. The van der Waals surface area contributed by atoms with E-state index in [1.165, 1.54) is 0 Å². The lowest BCUT2D eigenvalue weighted by molar-refractivity contribution is -0.120. The predicted molar refractivity (Wildman–Crippen MR) is 76.8 cm³/mol. The van der Waals surface area contributed by atoms with Crippen LogP contribution in [0.2, 0.25) is 0 Å². The minimum absolute atomic E-state index is 0.141. The molecule has 1 amide bonds. The van der Waals surface area contributed by atoms with Gasteiger partial charge < -0.3 is 4.74 Å². The number of amides is 1. The Kier molecular flexibility index (Phi) is 4.69. The van der Waals surface area contributed by atoms with Crippen molar-refractivity contribution in [3.63, 3.8) is 0 Å². The molecule has 0 aliphatic carbocycles. The lowest BCUT2D eigenvalue weighted by atomic mass is 10.1. The van der Waals surface area contributed by atoms with Crippen molar-refractivity contribution in [2.75, 3.05) is 7.11 Å². The number of thiophene rings is 1. The second kappa shape index (κ2) is 6.70. The summed E-state index contributed by atoms with van der Waals surface area (Å²) in [6, 6.07) is 11.3. The molecule has 2 aromatic rings. The zero-order valence-corrected chi connectivity index (χ0v) is 11.3. The maximum absolute atomic E-state index is 11.6. The Balaban J connectivity index is 1.83. The summed E-state index contributed by atoms with van der Waals surface area (Å²) in [4.78, 5) is 12.6. The summed E-state index contributed by atoms with van der Waals surface area (Å²) in [6.45, 7) is 0. The molecule has 1 heterocycles. The highest BCUT2D eigenvalue weighted by Crippen LogP contribution is 2.11. The van der Waals surface area contributed by atoms with Crippen LogP contribution in [-0.4, -0.2) is 19.2 Å². The van der Waals surface area contributed by atoms with Gasteiger partial charge in [0.1, 0.15) is 5.75 Å². The molecule has 0 bridgehead atoms. The fourth-order valence-corrected chi connectivity index (χ4v) is 2.09. The van der Waals surface area contributed by atoms with Gasteiger partial charge in [-0.1, -0.05) is 18.2 Å². The molecule has 2 rings (SSSR count).